The van der Waals surface area contributed by atoms with Crippen molar-refractivity contribution in [3.63, 3.8) is 0 Å². The van der Waals surface area contributed by atoms with Gasteiger partial charge in [-0.1, -0.05) is 24.3 Å². The van der Waals surface area contributed by atoms with Gasteiger partial charge >= 0.3 is 0 Å². The number of amides is 1. The lowest BCUT2D eigenvalue weighted by Gasteiger charge is -2.10. The van der Waals surface area contributed by atoms with E-state index in [1.807, 2.05) is 49.4 Å². The standard InChI is InChI=1S/C21H19FN2O2/c1-15-7-12-19(22)20(13-15)24-21(25)14-26-18-10-8-17(9-11-18)23-16-5-3-2-4-6-16/h2-13,23H,14H2,1H3,(H,24,25). The predicted octanol–water partition coefficient (Wildman–Crippen LogP) is 4.90. The Morgan fingerprint density at radius 2 is 1.65 bits per heavy atom. The van der Waals surface area contributed by atoms with Crippen LogP contribution in [0.2, 0.25) is 0 Å². The summed E-state index contributed by atoms with van der Waals surface area (Å²) in [6, 6.07) is 21.6. The molecular weight excluding hydrogens is 331 g/mol. The van der Waals surface area contributed by atoms with E-state index >= 15 is 0 Å². The molecule has 0 atom stereocenters. The second kappa shape index (κ2) is 8.16. The molecule has 4 nitrogen and oxygen atoms in total. The molecule has 0 aliphatic rings. The Balaban J connectivity index is 1.53. The maximum Gasteiger partial charge on any atom is 0.262 e. The molecule has 0 heterocycles. The van der Waals surface area contributed by atoms with E-state index in [1.54, 1.807) is 24.3 Å². The van der Waals surface area contributed by atoms with Crippen LogP contribution < -0.4 is 15.4 Å². The number of halogens is 1. The lowest BCUT2D eigenvalue weighted by Crippen LogP contribution is -2.20. The minimum atomic E-state index is -0.472. The summed E-state index contributed by atoms with van der Waals surface area (Å²) in [4.78, 5) is 11.9. The van der Waals surface area contributed by atoms with Gasteiger partial charge in [0.25, 0.3) is 5.91 Å². The Labute approximate surface area is 151 Å². The zero-order valence-corrected chi connectivity index (χ0v) is 14.3. The van der Waals surface area contributed by atoms with Crippen LogP contribution >= 0.6 is 0 Å². The molecule has 0 saturated carbocycles. The summed E-state index contributed by atoms with van der Waals surface area (Å²) in [5.41, 5.74) is 2.92. The van der Waals surface area contributed by atoms with Crippen molar-refractivity contribution in [2.45, 2.75) is 6.92 Å². The van der Waals surface area contributed by atoms with Crippen LogP contribution in [0.15, 0.2) is 72.8 Å². The Bertz CT molecular complexity index is 880. The molecule has 5 heteroatoms. The molecule has 0 bridgehead atoms. The highest BCUT2D eigenvalue weighted by Crippen LogP contribution is 2.20. The monoisotopic (exact) mass is 350 g/mol. The van der Waals surface area contributed by atoms with Crippen LogP contribution in [0.1, 0.15) is 5.56 Å². The van der Waals surface area contributed by atoms with Gasteiger partial charge in [0.15, 0.2) is 6.61 Å². The first-order valence-corrected chi connectivity index (χ1v) is 8.21. The molecule has 132 valence electrons. The Morgan fingerprint density at radius 1 is 0.962 bits per heavy atom. The second-order valence-corrected chi connectivity index (χ2v) is 5.84. The normalized spacial score (nSPS) is 10.2. The van der Waals surface area contributed by atoms with Gasteiger partial charge in [-0.15, -0.1) is 0 Å². The minimum Gasteiger partial charge on any atom is -0.484 e. The summed E-state index contributed by atoms with van der Waals surface area (Å²) in [6.45, 7) is 1.63. The Kier molecular flexibility index (Phi) is 5.49. The smallest absolute Gasteiger partial charge is 0.262 e. The molecule has 0 aliphatic carbocycles. The average molecular weight is 350 g/mol. The van der Waals surface area contributed by atoms with Crippen LogP contribution in [-0.4, -0.2) is 12.5 Å². The van der Waals surface area contributed by atoms with Gasteiger partial charge in [-0.25, -0.2) is 4.39 Å². The van der Waals surface area contributed by atoms with Crippen molar-refractivity contribution < 1.29 is 13.9 Å². The average Bonchev–Trinajstić information content (AvgIpc) is 2.65. The molecule has 2 N–H and O–H groups in total. The van der Waals surface area contributed by atoms with E-state index in [4.69, 9.17) is 4.74 Å². The molecule has 26 heavy (non-hydrogen) atoms. The number of aryl methyl sites for hydroxylation is 1. The first kappa shape index (κ1) is 17.5. The number of ether oxygens (including phenoxy) is 1. The number of benzene rings is 3. The Hall–Kier alpha value is -3.34. The maximum atomic E-state index is 13.7. The summed E-state index contributed by atoms with van der Waals surface area (Å²) < 4.78 is 19.1. The van der Waals surface area contributed by atoms with Crippen LogP contribution in [0.25, 0.3) is 0 Å². The number of hydrogen-bond acceptors (Lipinski definition) is 3. The van der Waals surface area contributed by atoms with E-state index in [-0.39, 0.29) is 12.3 Å². The first-order valence-electron chi connectivity index (χ1n) is 8.21. The summed E-state index contributed by atoms with van der Waals surface area (Å²) in [6.07, 6.45) is 0. The molecule has 0 fully saturated rings. The highest BCUT2D eigenvalue weighted by Gasteiger charge is 2.08. The van der Waals surface area contributed by atoms with Crippen molar-refractivity contribution >= 4 is 23.0 Å². The topological polar surface area (TPSA) is 50.4 Å². The summed E-state index contributed by atoms with van der Waals surface area (Å²) in [7, 11) is 0. The van der Waals surface area contributed by atoms with E-state index in [2.05, 4.69) is 10.6 Å². The molecule has 0 spiro atoms. The van der Waals surface area contributed by atoms with Crippen molar-refractivity contribution in [1.82, 2.24) is 0 Å². The van der Waals surface area contributed by atoms with Crippen LogP contribution in [0.5, 0.6) is 5.75 Å². The second-order valence-electron chi connectivity index (χ2n) is 5.84. The van der Waals surface area contributed by atoms with Crippen molar-refractivity contribution in [1.29, 1.82) is 0 Å². The quantitative estimate of drug-likeness (QED) is 0.665. The molecule has 0 aliphatic heterocycles. The first-order chi connectivity index (χ1) is 12.6. The van der Waals surface area contributed by atoms with Gasteiger partial charge in [0.05, 0.1) is 5.69 Å². The molecule has 1 amide bonds. The van der Waals surface area contributed by atoms with Gasteiger partial charge in [-0.05, 0) is 61.0 Å². The van der Waals surface area contributed by atoms with Crippen LogP contribution in [0, 0.1) is 12.7 Å². The van der Waals surface area contributed by atoms with Crippen molar-refractivity contribution in [2.75, 3.05) is 17.2 Å². The van der Waals surface area contributed by atoms with Crippen molar-refractivity contribution in [2.24, 2.45) is 0 Å². The van der Waals surface area contributed by atoms with Gasteiger partial charge in [0, 0.05) is 11.4 Å². The number of para-hydroxylation sites is 1. The molecule has 3 aromatic rings. The van der Waals surface area contributed by atoms with Crippen molar-refractivity contribution in [3.05, 3.63) is 84.2 Å². The third-order valence-electron chi connectivity index (χ3n) is 3.68. The lowest BCUT2D eigenvalue weighted by molar-refractivity contribution is -0.118. The minimum absolute atomic E-state index is 0.154. The fourth-order valence-electron chi connectivity index (χ4n) is 2.39. The third-order valence-corrected chi connectivity index (χ3v) is 3.68. The molecule has 0 unspecified atom stereocenters. The van der Waals surface area contributed by atoms with Gasteiger partial charge in [0.1, 0.15) is 11.6 Å². The molecule has 0 radical (unpaired) electrons. The SMILES string of the molecule is Cc1ccc(F)c(NC(=O)COc2ccc(Nc3ccccc3)cc2)c1. The molecule has 3 aromatic carbocycles. The van der Waals surface area contributed by atoms with E-state index < -0.39 is 11.7 Å². The van der Waals surface area contributed by atoms with E-state index in [0.717, 1.165) is 16.9 Å². The lowest BCUT2D eigenvalue weighted by atomic mass is 10.2. The van der Waals surface area contributed by atoms with Gasteiger partial charge < -0.3 is 15.4 Å². The predicted molar refractivity (Wildman–Crippen MR) is 101 cm³/mol. The van der Waals surface area contributed by atoms with Crippen molar-refractivity contribution in [3.8, 4) is 5.75 Å². The third kappa shape index (κ3) is 4.83. The fraction of sp³-hybridized carbons (Fsp3) is 0.0952. The Morgan fingerprint density at radius 3 is 2.38 bits per heavy atom. The summed E-state index contributed by atoms with van der Waals surface area (Å²) in [5, 5.41) is 5.78. The number of hydrogen-bond donors (Lipinski definition) is 2. The number of nitrogens with one attached hydrogen (secondary N) is 2. The largest absolute Gasteiger partial charge is 0.484 e. The van der Waals surface area contributed by atoms with Gasteiger partial charge in [0.2, 0.25) is 0 Å². The molecular formula is C21H19FN2O2. The zero-order valence-electron chi connectivity index (χ0n) is 14.3. The maximum absolute atomic E-state index is 13.7. The van der Waals surface area contributed by atoms with E-state index in [9.17, 15) is 9.18 Å². The molecule has 3 rings (SSSR count). The van der Waals surface area contributed by atoms with Gasteiger partial charge in [-0.3, -0.25) is 4.79 Å². The number of rotatable bonds is 6. The summed E-state index contributed by atoms with van der Waals surface area (Å²) in [5.74, 6) is -0.329. The highest BCUT2D eigenvalue weighted by molar-refractivity contribution is 5.92. The molecule has 0 saturated heterocycles. The molecule has 0 aromatic heterocycles. The zero-order chi connectivity index (χ0) is 18.4. The fourth-order valence-corrected chi connectivity index (χ4v) is 2.39. The number of carbonyl (C=O) groups excluding carboxylic acids is 1. The van der Waals surface area contributed by atoms with Crippen LogP contribution in [0.3, 0.4) is 0 Å². The number of anilines is 3. The summed E-state index contributed by atoms with van der Waals surface area (Å²) >= 11 is 0. The van der Waals surface area contributed by atoms with E-state index in [0.29, 0.717) is 5.75 Å². The van der Waals surface area contributed by atoms with E-state index in [1.165, 1.54) is 6.07 Å². The number of carbonyl (C=O) groups is 1. The van der Waals surface area contributed by atoms with Gasteiger partial charge in [-0.2, -0.15) is 0 Å². The van der Waals surface area contributed by atoms with Crippen LogP contribution in [-0.2, 0) is 4.79 Å². The van der Waals surface area contributed by atoms with Crippen LogP contribution in [0.4, 0.5) is 21.5 Å². The highest BCUT2D eigenvalue weighted by atomic mass is 19.1.